The predicted octanol–water partition coefficient (Wildman–Crippen LogP) is 1.82. The van der Waals surface area contributed by atoms with E-state index in [0.29, 0.717) is 21.8 Å². The molecule has 2 aromatic rings. The SMILES string of the molecule is Cc1ccc(N2C(=O)C(=O)N(CC(=O)c3cccn3C)C2=O)c(C)c1. The highest BCUT2D eigenvalue weighted by molar-refractivity contribution is 6.53. The highest BCUT2D eigenvalue weighted by Gasteiger charge is 2.46. The number of anilines is 1. The van der Waals surface area contributed by atoms with Crippen molar-refractivity contribution in [3.8, 4) is 0 Å². The summed E-state index contributed by atoms with van der Waals surface area (Å²) in [5.74, 6) is -2.35. The first-order valence-electron chi connectivity index (χ1n) is 7.73. The molecule has 25 heavy (non-hydrogen) atoms. The first kappa shape index (κ1) is 16.6. The summed E-state index contributed by atoms with van der Waals surface area (Å²) in [7, 11) is 1.69. The summed E-state index contributed by atoms with van der Waals surface area (Å²) in [5, 5.41) is 0. The van der Waals surface area contributed by atoms with E-state index in [-0.39, 0.29) is 0 Å². The molecule has 3 rings (SSSR count). The number of rotatable bonds is 4. The van der Waals surface area contributed by atoms with Crippen LogP contribution >= 0.6 is 0 Å². The van der Waals surface area contributed by atoms with Gasteiger partial charge in [-0.3, -0.25) is 14.4 Å². The number of aromatic nitrogens is 1. The van der Waals surface area contributed by atoms with Crippen molar-refractivity contribution in [2.75, 3.05) is 11.4 Å². The molecule has 1 saturated heterocycles. The van der Waals surface area contributed by atoms with Crippen molar-refractivity contribution < 1.29 is 19.2 Å². The third kappa shape index (κ3) is 2.73. The highest BCUT2D eigenvalue weighted by atomic mass is 16.2. The average molecular weight is 339 g/mol. The number of hydrogen-bond donors (Lipinski definition) is 0. The quantitative estimate of drug-likeness (QED) is 0.483. The molecule has 1 aromatic heterocycles. The minimum atomic E-state index is -0.993. The van der Waals surface area contributed by atoms with Gasteiger partial charge in [-0.2, -0.15) is 0 Å². The van der Waals surface area contributed by atoms with Crippen molar-refractivity contribution in [1.82, 2.24) is 9.47 Å². The lowest BCUT2D eigenvalue weighted by atomic mass is 10.1. The van der Waals surface area contributed by atoms with Crippen LogP contribution in [0.2, 0.25) is 0 Å². The number of carbonyl (C=O) groups excluding carboxylic acids is 4. The van der Waals surface area contributed by atoms with Gasteiger partial charge in [-0.15, -0.1) is 0 Å². The van der Waals surface area contributed by atoms with Crippen LogP contribution in [0, 0.1) is 13.8 Å². The van der Waals surface area contributed by atoms with Gasteiger partial charge in [-0.25, -0.2) is 14.6 Å². The maximum absolute atomic E-state index is 12.6. The number of carbonyl (C=O) groups is 4. The van der Waals surface area contributed by atoms with Gasteiger partial charge in [0.2, 0.25) is 0 Å². The standard InChI is InChI=1S/C18H17N3O4/c1-11-6-7-13(12(2)9-11)21-17(24)16(23)20(18(21)25)10-15(22)14-5-4-8-19(14)3/h4-9H,10H2,1-3H3. The zero-order chi connectivity index (χ0) is 18.3. The van der Waals surface area contributed by atoms with Crippen molar-refractivity contribution in [2.24, 2.45) is 7.05 Å². The fraction of sp³-hybridized carbons (Fsp3) is 0.222. The summed E-state index contributed by atoms with van der Waals surface area (Å²) in [6.45, 7) is 3.17. The van der Waals surface area contributed by atoms with Crippen LogP contribution in [0.5, 0.6) is 0 Å². The first-order chi connectivity index (χ1) is 11.8. The van der Waals surface area contributed by atoms with Crippen molar-refractivity contribution in [3.63, 3.8) is 0 Å². The summed E-state index contributed by atoms with van der Waals surface area (Å²) in [6.07, 6.45) is 1.69. The lowest BCUT2D eigenvalue weighted by Crippen LogP contribution is -2.37. The van der Waals surface area contributed by atoms with Crippen molar-refractivity contribution >= 4 is 29.3 Å². The second-order valence-corrected chi connectivity index (χ2v) is 6.03. The Morgan fingerprint density at radius 3 is 2.36 bits per heavy atom. The van der Waals surface area contributed by atoms with Crippen LogP contribution in [-0.2, 0) is 16.6 Å². The smallest absolute Gasteiger partial charge is 0.339 e. The molecule has 128 valence electrons. The van der Waals surface area contributed by atoms with E-state index < -0.39 is 30.2 Å². The third-order valence-electron chi connectivity index (χ3n) is 4.18. The highest BCUT2D eigenvalue weighted by Crippen LogP contribution is 2.26. The van der Waals surface area contributed by atoms with Crippen LogP contribution < -0.4 is 4.90 Å². The fourth-order valence-corrected chi connectivity index (χ4v) is 2.89. The molecule has 2 heterocycles. The van der Waals surface area contributed by atoms with Gasteiger partial charge in [0.15, 0.2) is 5.78 Å². The summed E-state index contributed by atoms with van der Waals surface area (Å²) in [5.41, 5.74) is 2.38. The molecule has 1 aliphatic rings. The molecule has 0 radical (unpaired) electrons. The van der Waals surface area contributed by atoms with E-state index in [0.717, 1.165) is 10.5 Å². The van der Waals surface area contributed by atoms with Crippen molar-refractivity contribution in [3.05, 3.63) is 53.3 Å². The zero-order valence-electron chi connectivity index (χ0n) is 14.1. The van der Waals surface area contributed by atoms with E-state index in [9.17, 15) is 19.2 Å². The largest absolute Gasteiger partial charge is 0.348 e. The molecule has 1 aromatic carbocycles. The van der Waals surface area contributed by atoms with E-state index in [1.807, 2.05) is 13.0 Å². The molecule has 0 aliphatic carbocycles. The lowest BCUT2D eigenvalue weighted by molar-refractivity contribution is -0.139. The zero-order valence-corrected chi connectivity index (χ0v) is 14.1. The molecule has 0 N–H and O–H groups in total. The van der Waals surface area contributed by atoms with Gasteiger partial charge in [-0.05, 0) is 37.6 Å². The molecule has 0 saturated carbocycles. The van der Waals surface area contributed by atoms with Crippen LogP contribution in [0.1, 0.15) is 21.6 Å². The summed E-state index contributed by atoms with van der Waals surface area (Å²) in [6, 6.07) is 7.68. The molecule has 0 unspecified atom stereocenters. The maximum Gasteiger partial charge on any atom is 0.339 e. The number of aryl methyl sites for hydroxylation is 3. The van der Waals surface area contributed by atoms with Crippen LogP contribution in [0.4, 0.5) is 10.5 Å². The monoisotopic (exact) mass is 339 g/mol. The van der Waals surface area contributed by atoms with Gasteiger partial charge < -0.3 is 4.57 Å². The predicted molar refractivity (Wildman–Crippen MR) is 90.3 cm³/mol. The van der Waals surface area contributed by atoms with Crippen LogP contribution in [-0.4, -0.2) is 39.6 Å². The molecule has 4 amide bonds. The van der Waals surface area contributed by atoms with Gasteiger partial charge in [0.1, 0.15) is 0 Å². The summed E-state index contributed by atoms with van der Waals surface area (Å²) < 4.78 is 1.59. The molecule has 0 atom stereocenters. The van der Waals surface area contributed by atoms with E-state index in [4.69, 9.17) is 0 Å². The molecule has 1 aliphatic heterocycles. The Kier molecular flexibility index (Phi) is 4.00. The van der Waals surface area contributed by atoms with Gasteiger partial charge in [0.05, 0.1) is 17.9 Å². The molecular formula is C18H17N3O4. The Morgan fingerprint density at radius 1 is 1.04 bits per heavy atom. The van der Waals surface area contributed by atoms with Crippen LogP contribution in [0.25, 0.3) is 0 Å². The molecule has 0 spiro atoms. The number of amides is 4. The number of Topliss-reactive ketones (excluding diaryl/α,β-unsaturated/α-hetero) is 1. The molecule has 1 fully saturated rings. The Hall–Kier alpha value is -3.22. The minimum absolute atomic E-state index is 0.350. The third-order valence-corrected chi connectivity index (χ3v) is 4.18. The first-order valence-corrected chi connectivity index (χ1v) is 7.73. The normalized spacial score (nSPS) is 14.6. The van der Waals surface area contributed by atoms with E-state index in [1.165, 1.54) is 0 Å². The van der Waals surface area contributed by atoms with Gasteiger partial charge in [0, 0.05) is 13.2 Å². The molecule has 7 nitrogen and oxygen atoms in total. The van der Waals surface area contributed by atoms with Crippen LogP contribution in [0.15, 0.2) is 36.5 Å². The second kappa shape index (κ2) is 6.01. The molecule has 0 bridgehead atoms. The topological polar surface area (TPSA) is 79.7 Å². The van der Waals surface area contributed by atoms with E-state index in [1.54, 1.807) is 49.0 Å². The number of nitrogens with zero attached hydrogens (tertiary/aromatic N) is 3. The number of benzene rings is 1. The number of hydrogen-bond acceptors (Lipinski definition) is 4. The van der Waals surface area contributed by atoms with Crippen LogP contribution in [0.3, 0.4) is 0 Å². The fourth-order valence-electron chi connectivity index (χ4n) is 2.89. The molecular weight excluding hydrogens is 322 g/mol. The number of ketones is 1. The van der Waals surface area contributed by atoms with Gasteiger partial charge in [0.25, 0.3) is 0 Å². The minimum Gasteiger partial charge on any atom is -0.348 e. The Labute approximate surface area is 144 Å². The number of urea groups is 1. The lowest BCUT2D eigenvalue weighted by Gasteiger charge is -2.17. The van der Waals surface area contributed by atoms with Crippen molar-refractivity contribution in [1.29, 1.82) is 0 Å². The van der Waals surface area contributed by atoms with Crippen molar-refractivity contribution in [2.45, 2.75) is 13.8 Å². The van der Waals surface area contributed by atoms with Gasteiger partial charge >= 0.3 is 17.8 Å². The summed E-state index contributed by atoms with van der Waals surface area (Å²) in [4.78, 5) is 51.0. The Morgan fingerprint density at radius 2 is 1.76 bits per heavy atom. The van der Waals surface area contributed by atoms with Gasteiger partial charge in [-0.1, -0.05) is 17.7 Å². The maximum atomic E-state index is 12.6. The summed E-state index contributed by atoms with van der Waals surface area (Å²) >= 11 is 0. The van der Waals surface area contributed by atoms with E-state index >= 15 is 0 Å². The second-order valence-electron chi connectivity index (χ2n) is 6.03. The Bertz CT molecular complexity index is 913. The Balaban J connectivity index is 1.89. The number of imide groups is 2. The molecule has 7 heteroatoms. The average Bonchev–Trinajstić information content (AvgIpc) is 3.06. The van der Waals surface area contributed by atoms with E-state index in [2.05, 4.69) is 0 Å².